The summed E-state index contributed by atoms with van der Waals surface area (Å²) in [5, 5.41) is 12.5. The van der Waals surface area contributed by atoms with E-state index < -0.39 is 6.17 Å². The van der Waals surface area contributed by atoms with Crippen molar-refractivity contribution in [3.63, 3.8) is 0 Å². The van der Waals surface area contributed by atoms with Crippen LogP contribution >= 0.6 is 0 Å². The molecule has 1 aliphatic rings. The molecule has 0 spiro atoms. The van der Waals surface area contributed by atoms with Crippen LogP contribution in [0.4, 0.5) is 11.4 Å². The zero-order valence-electron chi connectivity index (χ0n) is 14.6. The Kier molecular flexibility index (Phi) is 4.19. The highest BCUT2D eigenvalue weighted by Crippen LogP contribution is 2.37. The Morgan fingerprint density at radius 3 is 2.70 bits per heavy atom. The predicted octanol–water partition coefficient (Wildman–Crippen LogP) is 3.73. The first-order chi connectivity index (χ1) is 13.2. The van der Waals surface area contributed by atoms with E-state index in [0.29, 0.717) is 22.6 Å². The lowest BCUT2D eigenvalue weighted by molar-refractivity contribution is 0.0993. The van der Waals surface area contributed by atoms with Crippen LogP contribution in [0.3, 0.4) is 0 Å². The third kappa shape index (κ3) is 2.96. The van der Waals surface area contributed by atoms with Gasteiger partial charge in [-0.2, -0.15) is 5.26 Å². The number of hydrogen-bond donors (Lipinski definition) is 1. The summed E-state index contributed by atoms with van der Waals surface area (Å²) in [4.78, 5) is 19.1. The molecule has 0 saturated carbocycles. The van der Waals surface area contributed by atoms with Crippen LogP contribution in [0.15, 0.2) is 66.9 Å². The Labute approximate surface area is 156 Å². The van der Waals surface area contributed by atoms with E-state index in [1.807, 2.05) is 30.3 Å². The van der Waals surface area contributed by atoms with Crippen molar-refractivity contribution in [1.82, 2.24) is 4.98 Å². The molecule has 0 saturated heterocycles. The number of aromatic nitrogens is 1. The summed E-state index contributed by atoms with van der Waals surface area (Å²) < 4.78 is 5.21. The zero-order chi connectivity index (χ0) is 18.8. The van der Waals surface area contributed by atoms with Gasteiger partial charge in [0.2, 0.25) is 0 Å². The fourth-order valence-electron chi connectivity index (χ4n) is 3.16. The van der Waals surface area contributed by atoms with Gasteiger partial charge in [-0.3, -0.25) is 14.7 Å². The molecule has 0 bridgehead atoms. The Hall–Kier alpha value is -3.85. The molecular formula is C21H16N4O2. The second-order valence-electron chi connectivity index (χ2n) is 6.05. The Bertz CT molecular complexity index is 1040. The van der Waals surface area contributed by atoms with E-state index in [-0.39, 0.29) is 5.91 Å². The average Bonchev–Trinajstić information content (AvgIpc) is 3.00. The van der Waals surface area contributed by atoms with Crippen LogP contribution in [-0.4, -0.2) is 18.0 Å². The topological polar surface area (TPSA) is 78.2 Å². The van der Waals surface area contributed by atoms with Crippen molar-refractivity contribution in [3.8, 4) is 11.8 Å². The number of amides is 1. The number of nitrogens with one attached hydrogen (secondary N) is 1. The van der Waals surface area contributed by atoms with Gasteiger partial charge in [0.15, 0.2) is 6.17 Å². The van der Waals surface area contributed by atoms with Gasteiger partial charge in [-0.15, -0.1) is 0 Å². The maximum atomic E-state index is 13.0. The molecule has 132 valence electrons. The third-order valence-electron chi connectivity index (χ3n) is 4.45. The number of fused-ring (bicyclic) bond motifs is 1. The van der Waals surface area contributed by atoms with E-state index in [9.17, 15) is 4.79 Å². The Morgan fingerprint density at radius 2 is 1.96 bits per heavy atom. The fraction of sp³-hybridized carbons (Fsp3) is 0.0952. The summed E-state index contributed by atoms with van der Waals surface area (Å²) in [5.74, 6) is 0.587. The number of pyridine rings is 1. The molecule has 3 aromatic rings. The first kappa shape index (κ1) is 16.6. The van der Waals surface area contributed by atoms with E-state index in [1.165, 1.54) is 0 Å². The van der Waals surface area contributed by atoms with Crippen LogP contribution < -0.4 is 15.0 Å². The average molecular weight is 356 g/mol. The molecule has 2 heterocycles. The van der Waals surface area contributed by atoms with Gasteiger partial charge in [0.05, 0.1) is 30.0 Å². The maximum absolute atomic E-state index is 13.0. The number of carbonyl (C=O) groups is 1. The number of ether oxygens (including phenoxy) is 1. The van der Waals surface area contributed by atoms with E-state index in [0.717, 1.165) is 11.4 Å². The van der Waals surface area contributed by atoms with Gasteiger partial charge in [0.1, 0.15) is 5.75 Å². The van der Waals surface area contributed by atoms with Gasteiger partial charge in [-0.1, -0.05) is 6.07 Å². The van der Waals surface area contributed by atoms with E-state index in [1.54, 1.807) is 48.5 Å². The molecule has 1 aliphatic heterocycles. The van der Waals surface area contributed by atoms with Crippen molar-refractivity contribution in [1.29, 1.82) is 5.26 Å². The van der Waals surface area contributed by atoms with Crippen molar-refractivity contribution >= 4 is 17.3 Å². The van der Waals surface area contributed by atoms with Crippen LogP contribution in [0, 0.1) is 11.3 Å². The fourth-order valence-corrected chi connectivity index (χ4v) is 3.16. The van der Waals surface area contributed by atoms with Gasteiger partial charge >= 0.3 is 0 Å². The van der Waals surface area contributed by atoms with E-state index in [4.69, 9.17) is 10.00 Å². The molecule has 6 nitrogen and oxygen atoms in total. The monoisotopic (exact) mass is 356 g/mol. The minimum Gasteiger partial charge on any atom is -0.497 e. The van der Waals surface area contributed by atoms with Gasteiger partial charge < -0.3 is 10.1 Å². The first-order valence-corrected chi connectivity index (χ1v) is 8.40. The van der Waals surface area contributed by atoms with Gasteiger partial charge in [0.25, 0.3) is 5.91 Å². The number of anilines is 2. The van der Waals surface area contributed by atoms with Crippen molar-refractivity contribution in [2.45, 2.75) is 6.17 Å². The molecule has 0 radical (unpaired) electrons. The minimum atomic E-state index is -0.476. The van der Waals surface area contributed by atoms with Crippen LogP contribution in [0.5, 0.6) is 5.75 Å². The smallest absolute Gasteiger partial charge is 0.262 e. The molecule has 2 aromatic carbocycles. The van der Waals surface area contributed by atoms with Crippen molar-refractivity contribution in [2.24, 2.45) is 0 Å². The number of nitriles is 1. The molecule has 0 unspecified atom stereocenters. The molecule has 1 atom stereocenters. The van der Waals surface area contributed by atoms with Crippen molar-refractivity contribution < 1.29 is 9.53 Å². The molecule has 4 rings (SSSR count). The van der Waals surface area contributed by atoms with Crippen LogP contribution in [-0.2, 0) is 0 Å². The van der Waals surface area contributed by atoms with Crippen molar-refractivity contribution in [3.05, 3.63) is 83.7 Å². The summed E-state index contributed by atoms with van der Waals surface area (Å²) in [6, 6.07) is 20.1. The quantitative estimate of drug-likeness (QED) is 0.770. The SMILES string of the molecule is COc1ccc(N2C(=O)c3cccnc3[C@H]2Nc2cccc(C#N)c2)cc1. The summed E-state index contributed by atoms with van der Waals surface area (Å²) in [7, 11) is 1.60. The minimum absolute atomic E-state index is 0.128. The van der Waals surface area contributed by atoms with E-state index >= 15 is 0 Å². The summed E-state index contributed by atoms with van der Waals surface area (Å²) in [5.41, 5.74) is 3.22. The molecule has 0 fully saturated rings. The molecule has 6 heteroatoms. The largest absolute Gasteiger partial charge is 0.497 e. The maximum Gasteiger partial charge on any atom is 0.262 e. The lowest BCUT2D eigenvalue weighted by Gasteiger charge is -2.26. The summed E-state index contributed by atoms with van der Waals surface area (Å²) in [6.07, 6.45) is 1.19. The molecule has 1 N–H and O–H groups in total. The number of benzene rings is 2. The lowest BCUT2D eigenvalue weighted by atomic mass is 10.2. The highest BCUT2D eigenvalue weighted by molar-refractivity contribution is 6.11. The van der Waals surface area contributed by atoms with Crippen LogP contribution in [0.2, 0.25) is 0 Å². The number of nitrogens with zero attached hydrogens (tertiary/aromatic N) is 3. The van der Waals surface area contributed by atoms with Crippen LogP contribution in [0.25, 0.3) is 0 Å². The number of methoxy groups -OCH3 is 1. The lowest BCUT2D eigenvalue weighted by Crippen LogP contribution is -2.32. The van der Waals surface area contributed by atoms with Crippen LogP contribution in [0.1, 0.15) is 27.8 Å². The molecular weight excluding hydrogens is 340 g/mol. The number of carbonyl (C=O) groups excluding carboxylic acids is 1. The molecule has 1 aromatic heterocycles. The zero-order valence-corrected chi connectivity index (χ0v) is 14.6. The second-order valence-corrected chi connectivity index (χ2v) is 6.05. The Balaban J connectivity index is 1.76. The third-order valence-corrected chi connectivity index (χ3v) is 4.45. The number of hydrogen-bond acceptors (Lipinski definition) is 5. The first-order valence-electron chi connectivity index (χ1n) is 8.40. The van der Waals surface area contributed by atoms with Crippen molar-refractivity contribution in [2.75, 3.05) is 17.3 Å². The van der Waals surface area contributed by atoms with E-state index in [2.05, 4.69) is 16.4 Å². The second kappa shape index (κ2) is 6.81. The van der Waals surface area contributed by atoms with Gasteiger partial charge in [0, 0.05) is 17.6 Å². The predicted molar refractivity (Wildman–Crippen MR) is 102 cm³/mol. The molecule has 27 heavy (non-hydrogen) atoms. The standard InChI is InChI=1S/C21H16N4O2/c1-27-17-9-7-16(8-10-17)25-20(19-18(21(25)26)6-3-11-23-19)24-15-5-2-4-14(12-15)13-22/h2-12,20,24H,1H3/t20-/m0/s1. The summed E-state index contributed by atoms with van der Waals surface area (Å²) in [6.45, 7) is 0. The number of rotatable bonds is 4. The summed E-state index contributed by atoms with van der Waals surface area (Å²) >= 11 is 0. The molecule has 1 amide bonds. The normalized spacial score (nSPS) is 15.2. The van der Waals surface area contributed by atoms with Gasteiger partial charge in [-0.05, 0) is 54.6 Å². The highest BCUT2D eigenvalue weighted by Gasteiger charge is 2.39. The molecule has 0 aliphatic carbocycles. The van der Waals surface area contributed by atoms with Gasteiger partial charge in [-0.25, -0.2) is 0 Å². The Morgan fingerprint density at radius 1 is 1.15 bits per heavy atom. The highest BCUT2D eigenvalue weighted by atomic mass is 16.5.